The van der Waals surface area contributed by atoms with Crippen LogP contribution in [0.2, 0.25) is 0 Å². The van der Waals surface area contributed by atoms with Crippen LogP contribution < -0.4 is 16.0 Å². The smallest absolute Gasteiger partial charge is 0.346 e. The average molecular weight is 623 g/mol. The fourth-order valence-corrected chi connectivity index (χ4v) is 5.73. The molecule has 0 aliphatic heterocycles. The van der Waals surface area contributed by atoms with E-state index in [9.17, 15) is 27.6 Å². The summed E-state index contributed by atoms with van der Waals surface area (Å²) >= 11 is 0. The average Bonchev–Trinajstić information content (AvgIpc) is 3.89. The lowest BCUT2D eigenvalue weighted by molar-refractivity contribution is -0.139. The number of hydrogen-bond acceptors (Lipinski definition) is 5. The molecular weight excluding hydrogens is 580 g/mol. The number of hydrogen-bond donors (Lipinski definition) is 3. The fraction of sp³-hybridized carbons (Fsp3) is 0.613. The van der Waals surface area contributed by atoms with Crippen molar-refractivity contribution in [3.05, 3.63) is 47.0 Å². The maximum Gasteiger partial charge on any atom is 0.405 e. The van der Waals surface area contributed by atoms with Crippen molar-refractivity contribution in [3.63, 3.8) is 0 Å². The van der Waals surface area contributed by atoms with Crippen LogP contribution in [-0.4, -0.2) is 71.8 Å². The minimum absolute atomic E-state index is 0.0770. The van der Waals surface area contributed by atoms with Gasteiger partial charge in [0, 0.05) is 18.8 Å². The molecule has 4 rings (SSSR count). The number of halogens is 4. The third-order valence-electron chi connectivity index (χ3n) is 8.32. The minimum atomic E-state index is -4.58. The molecule has 1 aromatic carbocycles. The number of nitrogens with one attached hydrogen (secondary N) is 3. The van der Waals surface area contributed by atoms with Gasteiger partial charge in [-0.25, -0.2) is 4.39 Å². The fourth-order valence-electron chi connectivity index (χ4n) is 5.73. The number of nitrogens with zero attached hydrogens (tertiary/aromatic N) is 3. The number of rotatable bonds is 14. The molecule has 44 heavy (non-hydrogen) atoms. The van der Waals surface area contributed by atoms with Gasteiger partial charge in [-0.3, -0.25) is 19.1 Å². The molecule has 0 radical (unpaired) electrons. The van der Waals surface area contributed by atoms with E-state index in [0.29, 0.717) is 24.2 Å². The molecule has 1 heterocycles. The zero-order valence-electron chi connectivity index (χ0n) is 25.8. The van der Waals surface area contributed by atoms with Crippen molar-refractivity contribution in [1.29, 1.82) is 0 Å². The van der Waals surface area contributed by atoms with E-state index in [1.807, 2.05) is 38.2 Å². The molecule has 2 fully saturated rings. The normalized spacial score (nSPS) is 16.7. The Bertz CT molecular complexity index is 1340. The SMILES string of the molecule is CC(C)n1nccc1C(=O)N[C@H](C(=O)Nc1cc(CCN(C)C)c([C@H](C)C(=O)NCC(F)(F)F)cc1F)C(C1CC1)C1CC1. The van der Waals surface area contributed by atoms with Crippen molar-refractivity contribution in [1.82, 2.24) is 25.3 Å². The number of aromatic nitrogens is 2. The molecule has 13 heteroatoms. The lowest BCUT2D eigenvalue weighted by Gasteiger charge is -2.28. The molecule has 1 aromatic heterocycles. The summed E-state index contributed by atoms with van der Waals surface area (Å²) in [6, 6.07) is 3.15. The van der Waals surface area contributed by atoms with Crippen LogP contribution >= 0.6 is 0 Å². The third-order valence-corrected chi connectivity index (χ3v) is 8.32. The van der Waals surface area contributed by atoms with Gasteiger partial charge in [-0.15, -0.1) is 0 Å². The van der Waals surface area contributed by atoms with Crippen molar-refractivity contribution >= 4 is 23.4 Å². The van der Waals surface area contributed by atoms with Crippen LogP contribution in [0.3, 0.4) is 0 Å². The summed E-state index contributed by atoms with van der Waals surface area (Å²) in [4.78, 5) is 41.7. The Morgan fingerprint density at radius 3 is 2.23 bits per heavy atom. The van der Waals surface area contributed by atoms with Crippen LogP contribution in [0.4, 0.5) is 23.2 Å². The predicted molar refractivity (Wildman–Crippen MR) is 158 cm³/mol. The Morgan fingerprint density at radius 1 is 1.05 bits per heavy atom. The van der Waals surface area contributed by atoms with Crippen molar-refractivity contribution in [2.75, 3.05) is 32.5 Å². The minimum Gasteiger partial charge on any atom is -0.346 e. The maximum atomic E-state index is 15.6. The summed E-state index contributed by atoms with van der Waals surface area (Å²) in [7, 11) is 3.67. The molecule has 2 aliphatic rings. The topological polar surface area (TPSA) is 108 Å². The highest BCUT2D eigenvalue weighted by molar-refractivity contribution is 6.01. The number of likely N-dealkylation sites (N-methyl/N-ethyl adjacent to an activating group) is 1. The molecule has 2 saturated carbocycles. The third kappa shape index (κ3) is 8.58. The van der Waals surface area contributed by atoms with E-state index in [0.717, 1.165) is 31.7 Å². The van der Waals surface area contributed by atoms with Gasteiger partial charge in [0.15, 0.2) is 0 Å². The monoisotopic (exact) mass is 622 g/mol. The van der Waals surface area contributed by atoms with Gasteiger partial charge in [0.25, 0.3) is 5.91 Å². The van der Waals surface area contributed by atoms with Crippen LogP contribution in [0.15, 0.2) is 24.4 Å². The second-order valence-electron chi connectivity index (χ2n) is 12.6. The van der Waals surface area contributed by atoms with E-state index in [-0.39, 0.29) is 35.0 Å². The lowest BCUT2D eigenvalue weighted by Crippen LogP contribution is -2.50. The summed E-state index contributed by atoms with van der Waals surface area (Å²) < 4.78 is 55.3. The van der Waals surface area contributed by atoms with Gasteiger partial charge in [0.1, 0.15) is 24.1 Å². The van der Waals surface area contributed by atoms with Gasteiger partial charge in [-0.05, 0) is 114 Å². The second kappa shape index (κ2) is 13.7. The summed E-state index contributed by atoms with van der Waals surface area (Å²) in [5.74, 6) is -3.29. The van der Waals surface area contributed by atoms with Crippen LogP contribution in [0.5, 0.6) is 0 Å². The molecule has 3 amide bonds. The highest BCUT2D eigenvalue weighted by Crippen LogP contribution is 2.51. The molecule has 2 aliphatic carbocycles. The molecule has 3 N–H and O–H groups in total. The van der Waals surface area contributed by atoms with Crippen molar-refractivity contribution in [2.45, 2.75) is 77.1 Å². The van der Waals surface area contributed by atoms with Crippen LogP contribution in [0.25, 0.3) is 0 Å². The molecule has 2 atom stereocenters. The summed E-state index contributed by atoms with van der Waals surface area (Å²) in [6.45, 7) is 4.23. The highest BCUT2D eigenvalue weighted by Gasteiger charge is 2.48. The van der Waals surface area contributed by atoms with Gasteiger partial charge < -0.3 is 20.9 Å². The largest absolute Gasteiger partial charge is 0.405 e. The van der Waals surface area contributed by atoms with Crippen molar-refractivity contribution in [3.8, 4) is 0 Å². The number of alkyl halides is 3. The van der Waals surface area contributed by atoms with E-state index in [1.165, 1.54) is 19.2 Å². The highest BCUT2D eigenvalue weighted by atomic mass is 19.4. The molecule has 0 spiro atoms. The summed E-state index contributed by atoms with van der Waals surface area (Å²) in [5, 5.41) is 11.7. The Labute approximate surface area is 255 Å². The first-order chi connectivity index (χ1) is 20.7. The number of amides is 3. The van der Waals surface area contributed by atoms with Gasteiger partial charge in [0.05, 0.1) is 11.6 Å². The quantitative estimate of drug-likeness (QED) is 0.266. The molecular formula is C31H42F4N6O3. The van der Waals surface area contributed by atoms with Crippen LogP contribution in [-0.2, 0) is 16.0 Å². The molecule has 0 unspecified atom stereocenters. The lowest BCUT2D eigenvalue weighted by atomic mass is 9.88. The second-order valence-corrected chi connectivity index (χ2v) is 12.6. The van der Waals surface area contributed by atoms with Crippen molar-refractivity contribution in [2.24, 2.45) is 17.8 Å². The Morgan fingerprint density at radius 2 is 1.68 bits per heavy atom. The van der Waals surface area contributed by atoms with E-state index in [2.05, 4.69) is 15.7 Å². The van der Waals surface area contributed by atoms with E-state index >= 15 is 4.39 Å². The van der Waals surface area contributed by atoms with E-state index in [4.69, 9.17) is 0 Å². The molecule has 242 valence electrons. The number of benzene rings is 1. The first-order valence-electron chi connectivity index (χ1n) is 15.1. The summed E-state index contributed by atoms with van der Waals surface area (Å²) in [5.41, 5.74) is 0.963. The van der Waals surface area contributed by atoms with Gasteiger partial charge in [-0.1, -0.05) is 0 Å². The summed E-state index contributed by atoms with van der Waals surface area (Å²) in [6.07, 6.45) is 1.12. The van der Waals surface area contributed by atoms with Gasteiger partial charge in [-0.2, -0.15) is 18.3 Å². The van der Waals surface area contributed by atoms with Gasteiger partial charge >= 0.3 is 6.18 Å². The molecule has 9 nitrogen and oxygen atoms in total. The Hall–Kier alpha value is -3.48. The molecule has 2 aromatic rings. The number of carbonyl (C=O) groups is 3. The first kappa shape index (κ1) is 33.4. The standard InChI is InChI=1S/C31H42F4N6O3/c1-17(2)41-25(10-12-37-41)29(43)39-27(26(19-6-7-19)20-8-9-20)30(44)38-24-14-21(11-13-40(4)5)22(15-23(24)32)18(3)28(42)36-16-31(33,34)35/h10,12,14-15,17-20,26-27H,6-9,11,13,16H2,1-5H3,(H,36,42)(H,38,44)(H,39,43)/t18-,27-/m0/s1. The zero-order chi connectivity index (χ0) is 32.3. The van der Waals surface area contributed by atoms with Crippen LogP contribution in [0.1, 0.15) is 80.0 Å². The van der Waals surface area contributed by atoms with E-state index in [1.54, 1.807) is 10.7 Å². The van der Waals surface area contributed by atoms with Gasteiger partial charge in [0.2, 0.25) is 11.8 Å². The predicted octanol–water partition coefficient (Wildman–Crippen LogP) is 4.66. The van der Waals surface area contributed by atoms with Crippen molar-refractivity contribution < 1.29 is 31.9 Å². The maximum absolute atomic E-state index is 15.6. The molecule has 0 saturated heterocycles. The number of anilines is 1. The zero-order valence-corrected chi connectivity index (χ0v) is 25.8. The Kier molecular flexibility index (Phi) is 10.4. The van der Waals surface area contributed by atoms with E-state index < -0.39 is 48.2 Å². The first-order valence-corrected chi connectivity index (χ1v) is 15.1. The Balaban J connectivity index is 1.61. The molecule has 0 bridgehead atoms. The van der Waals surface area contributed by atoms with Crippen LogP contribution in [0, 0.1) is 23.6 Å². The number of carbonyl (C=O) groups excluding carboxylic acids is 3.